The van der Waals surface area contributed by atoms with Gasteiger partial charge in [-0.2, -0.15) is 0 Å². The maximum Gasteiger partial charge on any atom is 0.303 e. The summed E-state index contributed by atoms with van der Waals surface area (Å²) in [5.74, 6) is 1.15. The second-order valence-electron chi connectivity index (χ2n) is 11.5. The Morgan fingerprint density at radius 3 is 1.70 bits per heavy atom. The number of rotatable bonds is 14. The van der Waals surface area contributed by atoms with Gasteiger partial charge in [-0.1, -0.05) is 105 Å². The van der Waals surface area contributed by atoms with Crippen LogP contribution >= 0.6 is 11.8 Å². The summed E-state index contributed by atoms with van der Waals surface area (Å²) in [5.41, 5.74) is 0.320. The number of ether oxygens (including phenoxy) is 4. The van der Waals surface area contributed by atoms with E-state index < -0.39 is 19.9 Å². The molecule has 44 heavy (non-hydrogen) atoms. The van der Waals surface area contributed by atoms with Gasteiger partial charge >= 0.3 is 5.97 Å². The van der Waals surface area contributed by atoms with Gasteiger partial charge < -0.3 is 23.4 Å². The Morgan fingerprint density at radius 1 is 0.750 bits per heavy atom. The van der Waals surface area contributed by atoms with Gasteiger partial charge in [0.1, 0.15) is 17.6 Å². The first kappa shape index (κ1) is 33.3. The van der Waals surface area contributed by atoms with Crippen LogP contribution in [0.2, 0.25) is 5.04 Å². The molecule has 0 aromatic heterocycles. The summed E-state index contributed by atoms with van der Waals surface area (Å²) in [6.45, 7) is 8.69. The molecule has 0 aliphatic rings. The summed E-state index contributed by atoms with van der Waals surface area (Å²) in [5, 5.41) is 1.99. The minimum Gasteiger partial charge on any atom is -0.497 e. The van der Waals surface area contributed by atoms with Crippen molar-refractivity contribution in [1.29, 1.82) is 0 Å². The van der Waals surface area contributed by atoms with E-state index >= 15 is 0 Å². The molecule has 4 aromatic carbocycles. The van der Waals surface area contributed by atoms with Crippen LogP contribution in [0.4, 0.5) is 0 Å². The highest BCUT2D eigenvalue weighted by Gasteiger charge is 2.52. The highest BCUT2D eigenvalue weighted by molar-refractivity contribution is 7.99. The van der Waals surface area contributed by atoms with E-state index in [1.807, 2.05) is 60.7 Å². The van der Waals surface area contributed by atoms with E-state index in [0.29, 0.717) is 6.61 Å². The molecule has 2 atom stereocenters. The van der Waals surface area contributed by atoms with E-state index in [0.717, 1.165) is 32.3 Å². The third-order valence-electron chi connectivity index (χ3n) is 7.35. The van der Waals surface area contributed by atoms with Gasteiger partial charge in [0.05, 0.1) is 27.4 Å². The van der Waals surface area contributed by atoms with Gasteiger partial charge in [-0.25, -0.2) is 0 Å². The van der Waals surface area contributed by atoms with Crippen molar-refractivity contribution in [2.75, 3.05) is 20.8 Å². The molecule has 0 saturated carbocycles. The van der Waals surface area contributed by atoms with Crippen molar-refractivity contribution in [3.8, 4) is 11.5 Å². The van der Waals surface area contributed by atoms with Crippen molar-refractivity contribution in [1.82, 2.24) is 0 Å². The smallest absolute Gasteiger partial charge is 0.303 e. The van der Waals surface area contributed by atoms with E-state index in [-0.39, 0.29) is 17.6 Å². The molecule has 0 N–H and O–H groups in total. The second kappa shape index (κ2) is 15.4. The number of esters is 1. The van der Waals surface area contributed by atoms with Gasteiger partial charge in [-0.05, 0) is 57.4 Å². The molecular formula is C36H42O6SSi. The Bertz CT molecular complexity index is 1400. The lowest BCUT2D eigenvalue weighted by molar-refractivity contribution is -0.147. The van der Waals surface area contributed by atoms with E-state index in [1.54, 1.807) is 14.2 Å². The summed E-state index contributed by atoms with van der Waals surface area (Å²) in [6, 6.07) is 36.3. The minimum absolute atomic E-state index is 0.206. The van der Waals surface area contributed by atoms with Gasteiger partial charge in [0.2, 0.25) is 0 Å². The van der Waals surface area contributed by atoms with Crippen molar-refractivity contribution in [3.05, 3.63) is 115 Å². The van der Waals surface area contributed by atoms with E-state index in [1.165, 1.54) is 18.7 Å². The molecular weight excluding hydrogens is 589 g/mol. The molecule has 0 heterocycles. The monoisotopic (exact) mass is 630 g/mol. The lowest BCUT2D eigenvalue weighted by Crippen LogP contribution is -2.68. The zero-order valence-electron chi connectivity index (χ0n) is 26.3. The normalized spacial score (nSPS) is 13.1. The average molecular weight is 631 g/mol. The average Bonchev–Trinajstić information content (AvgIpc) is 3.03. The van der Waals surface area contributed by atoms with Crippen LogP contribution in [-0.4, -0.2) is 46.7 Å². The van der Waals surface area contributed by atoms with Crippen LogP contribution in [-0.2, 0) is 25.3 Å². The molecule has 0 spiro atoms. The molecule has 0 aliphatic carbocycles. The summed E-state index contributed by atoms with van der Waals surface area (Å²) >= 11 is 1.44. The number of benzene rings is 4. The fourth-order valence-electron chi connectivity index (χ4n) is 5.23. The second-order valence-corrected chi connectivity index (χ2v) is 16.9. The topological polar surface area (TPSA) is 63.2 Å². The largest absolute Gasteiger partial charge is 0.497 e. The van der Waals surface area contributed by atoms with Crippen molar-refractivity contribution >= 4 is 36.4 Å². The summed E-state index contributed by atoms with van der Waals surface area (Å²) in [4.78, 5) is 13.5. The summed E-state index contributed by atoms with van der Waals surface area (Å²) in [7, 11) is 0.262. The Balaban J connectivity index is 1.77. The van der Waals surface area contributed by atoms with Crippen LogP contribution in [0.1, 0.15) is 33.3 Å². The SMILES string of the molecule is COc1ccc(COC[C@@H](O[Si](c2ccccc2)(c2ccccc2)C(C)(C)C)C(OC(C)=O)Sc2ccc(OC)cc2)cc1. The standard InChI is InChI=1S/C36H42O6SSi/c1-27(37)41-35(43-31-23-21-30(39-6)22-24-31)34(26-40-25-28-17-19-29(38-5)20-18-28)42-44(36(2,3)4,32-13-9-7-10-14-32)33-15-11-8-12-16-33/h7-24,34-35H,25-26H2,1-6H3/t34-,35?/m1/s1. The highest BCUT2D eigenvalue weighted by atomic mass is 32.2. The van der Waals surface area contributed by atoms with Gasteiger partial charge in [-0.15, -0.1) is 0 Å². The van der Waals surface area contributed by atoms with Crippen LogP contribution in [0, 0.1) is 0 Å². The molecule has 0 aliphatic heterocycles. The van der Waals surface area contributed by atoms with Crippen LogP contribution < -0.4 is 19.8 Å². The molecule has 0 bridgehead atoms. The first-order valence-electron chi connectivity index (χ1n) is 14.6. The maximum atomic E-state index is 12.6. The number of carbonyl (C=O) groups is 1. The molecule has 232 valence electrons. The number of hydrogen-bond donors (Lipinski definition) is 0. The quantitative estimate of drug-likeness (QED) is 0.0654. The number of hydrogen-bond acceptors (Lipinski definition) is 7. The van der Waals surface area contributed by atoms with Gasteiger partial charge in [0.25, 0.3) is 8.32 Å². The Hall–Kier alpha value is -3.56. The Morgan fingerprint density at radius 2 is 1.25 bits per heavy atom. The third kappa shape index (κ3) is 8.33. The van der Waals surface area contributed by atoms with Crippen LogP contribution in [0.15, 0.2) is 114 Å². The Kier molecular flexibility index (Phi) is 11.7. The van der Waals surface area contributed by atoms with Crippen molar-refractivity contribution in [3.63, 3.8) is 0 Å². The molecule has 4 aromatic rings. The van der Waals surface area contributed by atoms with E-state index in [4.69, 9.17) is 23.4 Å². The molecule has 0 fully saturated rings. The summed E-state index contributed by atoms with van der Waals surface area (Å²) < 4.78 is 30.5. The van der Waals surface area contributed by atoms with Crippen molar-refractivity contribution < 1.29 is 28.2 Å². The fourth-order valence-corrected chi connectivity index (χ4v) is 11.0. The lowest BCUT2D eigenvalue weighted by atomic mass is 10.2. The van der Waals surface area contributed by atoms with Crippen molar-refractivity contribution in [2.45, 2.75) is 55.8 Å². The highest BCUT2D eigenvalue weighted by Crippen LogP contribution is 2.40. The predicted octanol–water partition coefficient (Wildman–Crippen LogP) is 6.85. The van der Waals surface area contributed by atoms with Crippen LogP contribution in [0.5, 0.6) is 11.5 Å². The molecule has 0 saturated heterocycles. The summed E-state index contributed by atoms with van der Waals surface area (Å²) in [6.07, 6.45) is -0.601. The van der Waals surface area contributed by atoms with Gasteiger partial charge in [0.15, 0.2) is 5.44 Å². The zero-order valence-corrected chi connectivity index (χ0v) is 28.1. The minimum atomic E-state index is -3.02. The van der Waals surface area contributed by atoms with Gasteiger partial charge in [-0.3, -0.25) is 4.79 Å². The predicted molar refractivity (Wildman–Crippen MR) is 180 cm³/mol. The van der Waals surface area contributed by atoms with E-state index in [2.05, 4.69) is 69.3 Å². The van der Waals surface area contributed by atoms with Crippen LogP contribution in [0.25, 0.3) is 0 Å². The van der Waals surface area contributed by atoms with Gasteiger partial charge in [0, 0.05) is 11.8 Å². The first-order valence-corrected chi connectivity index (χ1v) is 17.4. The van der Waals surface area contributed by atoms with Crippen molar-refractivity contribution in [2.24, 2.45) is 0 Å². The zero-order chi connectivity index (χ0) is 31.6. The number of thioether (sulfide) groups is 1. The van der Waals surface area contributed by atoms with Crippen LogP contribution in [0.3, 0.4) is 0 Å². The third-order valence-corrected chi connectivity index (χ3v) is 13.6. The fraction of sp³-hybridized carbons (Fsp3) is 0.306. The lowest BCUT2D eigenvalue weighted by Gasteiger charge is -2.46. The number of carbonyl (C=O) groups excluding carboxylic acids is 1. The van der Waals surface area contributed by atoms with E-state index in [9.17, 15) is 4.79 Å². The molecule has 8 heteroatoms. The molecule has 4 rings (SSSR count). The maximum absolute atomic E-state index is 12.6. The molecule has 6 nitrogen and oxygen atoms in total. The molecule has 1 unspecified atom stereocenters. The molecule has 0 amide bonds. The Labute approximate surface area is 266 Å². The first-order chi connectivity index (χ1) is 21.2. The molecule has 0 radical (unpaired) electrons. The number of methoxy groups -OCH3 is 2.